The molecule has 2 heterocycles. The first-order valence-corrected chi connectivity index (χ1v) is 20.3. The van der Waals surface area contributed by atoms with Crippen LogP contribution in [-0.2, 0) is 0 Å². The highest BCUT2D eigenvalue weighted by molar-refractivity contribution is 7.26. The molecule has 57 heavy (non-hydrogen) atoms. The lowest BCUT2D eigenvalue weighted by atomic mass is 9.92. The van der Waals surface area contributed by atoms with Crippen molar-refractivity contribution in [1.82, 2.24) is 4.57 Å². The summed E-state index contributed by atoms with van der Waals surface area (Å²) < 4.78 is 5.01. The third kappa shape index (κ3) is 4.89. The van der Waals surface area contributed by atoms with Crippen LogP contribution in [0.4, 0.5) is 17.1 Å². The number of hydrogen-bond donors (Lipinski definition) is 0. The molecule has 12 aromatic rings. The molecule has 2 nitrogen and oxygen atoms in total. The predicted octanol–water partition coefficient (Wildman–Crippen LogP) is 15.7. The molecule has 0 radical (unpaired) electrons. The Morgan fingerprint density at radius 1 is 0.368 bits per heavy atom. The molecule has 10 aromatic carbocycles. The van der Waals surface area contributed by atoms with Gasteiger partial charge in [0.25, 0.3) is 0 Å². The van der Waals surface area contributed by atoms with Crippen molar-refractivity contribution in [2.45, 2.75) is 0 Å². The Kier molecular flexibility index (Phi) is 7.13. The Hall–Kier alpha value is -7.20. The van der Waals surface area contributed by atoms with Crippen molar-refractivity contribution in [3.8, 4) is 16.8 Å². The average molecular weight is 743 g/mol. The van der Waals surface area contributed by atoms with E-state index in [-0.39, 0.29) is 0 Å². The summed E-state index contributed by atoms with van der Waals surface area (Å²) in [5.41, 5.74) is 9.43. The van der Waals surface area contributed by atoms with Crippen LogP contribution in [0.3, 0.4) is 0 Å². The van der Waals surface area contributed by atoms with Crippen molar-refractivity contribution in [3.05, 3.63) is 206 Å². The number of para-hydroxylation sites is 3. The fourth-order valence-electron chi connectivity index (χ4n) is 9.29. The van der Waals surface area contributed by atoms with Crippen molar-refractivity contribution in [3.63, 3.8) is 0 Å². The molecule has 3 heteroatoms. The molecule has 0 fully saturated rings. The van der Waals surface area contributed by atoms with Crippen LogP contribution in [0.2, 0.25) is 0 Å². The molecule has 0 aliphatic rings. The number of thiophene rings is 1. The summed E-state index contributed by atoms with van der Waals surface area (Å²) in [6.07, 6.45) is 0. The van der Waals surface area contributed by atoms with Crippen molar-refractivity contribution in [2.24, 2.45) is 0 Å². The second kappa shape index (κ2) is 12.7. The highest BCUT2D eigenvalue weighted by Gasteiger charge is 2.24. The first kappa shape index (κ1) is 32.1. The number of fused-ring (bicyclic) bond motifs is 10. The van der Waals surface area contributed by atoms with Crippen molar-refractivity contribution in [1.29, 1.82) is 0 Å². The van der Waals surface area contributed by atoms with Crippen molar-refractivity contribution in [2.75, 3.05) is 4.90 Å². The smallest absolute Gasteiger partial charge is 0.0782 e. The summed E-state index contributed by atoms with van der Waals surface area (Å²) in [6.45, 7) is 0. The molecule has 2 aromatic heterocycles. The number of rotatable bonds is 5. The Bertz CT molecular complexity index is 3530. The summed E-state index contributed by atoms with van der Waals surface area (Å²) in [4.78, 5) is 2.50. The molecule has 0 bridgehead atoms. The molecule has 0 saturated carbocycles. The van der Waals surface area contributed by atoms with Gasteiger partial charge in [0, 0.05) is 47.7 Å². The van der Waals surface area contributed by atoms with Gasteiger partial charge in [0.15, 0.2) is 0 Å². The first-order valence-electron chi connectivity index (χ1n) is 19.5. The summed E-state index contributed by atoms with van der Waals surface area (Å²) in [6, 6.07) is 75.8. The van der Waals surface area contributed by atoms with Gasteiger partial charge in [0.2, 0.25) is 0 Å². The van der Waals surface area contributed by atoms with Gasteiger partial charge >= 0.3 is 0 Å². The zero-order chi connectivity index (χ0) is 37.5. The van der Waals surface area contributed by atoms with Gasteiger partial charge in [-0.15, -0.1) is 11.3 Å². The largest absolute Gasteiger partial charge is 0.308 e. The third-order valence-electron chi connectivity index (χ3n) is 11.7. The average Bonchev–Trinajstić information content (AvgIpc) is 3.83. The molecule has 12 rings (SSSR count). The van der Waals surface area contributed by atoms with Gasteiger partial charge in [-0.25, -0.2) is 0 Å². The van der Waals surface area contributed by atoms with E-state index in [1.807, 2.05) is 11.3 Å². The fourth-order valence-corrected chi connectivity index (χ4v) is 10.4. The summed E-state index contributed by atoms with van der Waals surface area (Å²) >= 11 is 1.88. The maximum Gasteiger partial charge on any atom is 0.0782 e. The fraction of sp³-hybridized carbons (Fsp3) is 0. The van der Waals surface area contributed by atoms with E-state index in [4.69, 9.17) is 0 Å². The summed E-state index contributed by atoms with van der Waals surface area (Å²) in [7, 11) is 0. The van der Waals surface area contributed by atoms with Gasteiger partial charge in [-0.05, 0) is 92.7 Å². The minimum atomic E-state index is 1.12. The second-order valence-electron chi connectivity index (χ2n) is 14.8. The standard InChI is InChI=1S/C54H34N2S/c1-2-17-37(18-3-1)56-49-26-9-8-21-44(49)46-25-12-28-50(54(46)56)55(48-27-10-16-35-14-5-7-20-40(35)48)38-31-33-51-47(34-38)53-45(24-13-29-52(53)57-51)42-23-11-22-41-39-19-6-4-15-36(39)30-32-43(41)42/h1-34H. The molecule has 0 N–H and O–H groups in total. The lowest BCUT2D eigenvalue weighted by molar-refractivity contribution is 1.17. The predicted molar refractivity (Wildman–Crippen MR) is 246 cm³/mol. The van der Waals surface area contributed by atoms with E-state index in [0.29, 0.717) is 0 Å². The van der Waals surface area contributed by atoms with Crippen LogP contribution < -0.4 is 4.90 Å². The molecular weight excluding hydrogens is 709 g/mol. The van der Waals surface area contributed by atoms with E-state index in [2.05, 4.69) is 216 Å². The summed E-state index contributed by atoms with van der Waals surface area (Å²) in [5, 5.41) is 12.6. The van der Waals surface area contributed by atoms with E-state index in [1.165, 1.54) is 85.4 Å². The topological polar surface area (TPSA) is 8.17 Å². The first-order chi connectivity index (χ1) is 28.3. The second-order valence-corrected chi connectivity index (χ2v) is 15.9. The van der Waals surface area contributed by atoms with E-state index in [0.717, 1.165) is 22.7 Å². The molecular formula is C54H34N2S. The Balaban J connectivity index is 1.17. The minimum absolute atomic E-state index is 1.12. The van der Waals surface area contributed by atoms with E-state index in [1.54, 1.807) is 0 Å². The van der Waals surface area contributed by atoms with Gasteiger partial charge in [-0.2, -0.15) is 0 Å². The summed E-state index contributed by atoms with van der Waals surface area (Å²) in [5.74, 6) is 0. The van der Waals surface area contributed by atoms with Gasteiger partial charge in [0.05, 0.1) is 22.4 Å². The number of nitrogens with zero attached hydrogens (tertiary/aromatic N) is 2. The van der Waals surface area contributed by atoms with Crippen LogP contribution in [0.5, 0.6) is 0 Å². The maximum atomic E-state index is 2.50. The van der Waals surface area contributed by atoms with E-state index < -0.39 is 0 Å². The Morgan fingerprint density at radius 3 is 1.91 bits per heavy atom. The normalized spacial score (nSPS) is 11.9. The molecule has 0 spiro atoms. The number of aromatic nitrogens is 1. The molecule has 266 valence electrons. The zero-order valence-electron chi connectivity index (χ0n) is 30.9. The number of hydrogen-bond acceptors (Lipinski definition) is 2. The molecule has 0 aliphatic carbocycles. The number of benzene rings is 10. The third-order valence-corrected chi connectivity index (χ3v) is 12.9. The maximum absolute atomic E-state index is 2.50. The highest BCUT2D eigenvalue weighted by Crippen LogP contribution is 2.48. The van der Waals surface area contributed by atoms with Crippen molar-refractivity contribution < 1.29 is 0 Å². The van der Waals surface area contributed by atoms with Crippen LogP contribution in [0, 0.1) is 0 Å². The van der Waals surface area contributed by atoms with Gasteiger partial charge in [-0.3, -0.25) is 0 Å². The minimum Gasteiger partial charge on any atom is -0.308 e. The van der Waals surface area contributed by atoms with E-state index >= 15 is 0 Å². The van der Waals surface area contributed by atoms with Crippen LogP contribution in [0.25, 0.3) is 91.1 Å². The molecule has 0 unspecified atom stereocenters. The zero-order valence-corrected chi connectivity index (χ0v) is 31.7. The van der Waals surface area contributed by atoms with E-state index in [9.17, 15) is 0 Å². The lowest BCUT2D eigenvalue weighted by Gasteiger charge is -2.28. The molecule has 0 amide bonds. The Morgan fingerprint density at radius 2 is 1.02 bits per heavy atom. The van der Waals surface area contributed by atoms with Crippen LogP contribution >= 0.6 is 11.3 Å². The molecule has 0 saturated heterocycles. The Labute approximate surface area is 333 Å². The van der Waals surface area contributed by atoms with Crippen LogP contribution in [0.1, 0.15) is 0 Å². The lowest BCUT2D eigenvalue weighted by Crippen LogP contribution is -2.12. The van der Waals surface area contributed by atoms with Gasteiger partial charge < -0.3 is 9.47 Å². The van der Waals surface area contributed by atoms with Gasteiger partial charge in [0.1, 0.15) is 0 Å². The highest BCUT2D eigenvalue weighted by atomic mass is 32.1. The molecule has 0 aliphatic heterocycles. The van der Waals surface area contributed by atoms with Crippen molar-refractivity contribution >= 4 is 103 Å². The number of anilines is 3. The monoisotopic (exact) mass is 742 g/mol. The quantitative estimate of drug-likeness (QED) is 0.159. The van der Waals surface area contributed by atoms with Gasteiger partial charge in [-0.1, -0.05) is 152 Å². The SMILES string of the molecule is c1ccc(-n2c3ccccc3c3cccc(N(c4ccc5sc6cccc(-c7cccc8c7ccc7ccccc78)c6c5c4)c4cccc5ccccc45)c32)cc1. The van der Waals surface area contributed by atoms with Crippen LogP contribution in [-0.4, -0.2) is 4.57 Å². The molecule has 0 atom stereocenters. The van der Waals surface area contributed by atoms with Crippen LogP contribution in [0.15, 0.2) is 206 Å².